The number of carbonyl (C=O) groups is 1. The summed E-state index contributed by atoms with van der Waals surface area (Å²) in [6, 6.07) is 6.79. The van der Waals surface area contributed by atoms with E-state index in [2.05, 4.69) is 22.7 Å². The van der Waals surface area contributed by atoms with Gasteiger partial charge in [0.2, 0.25) is 0 Å². The van der Waals surface area contributed by atoms with Crippen molar-refractivity contribution in [3.8, 4) is 5.75 Å². The lowest BCUT2D eigenvalue weighted by atomic mass is 10.2. The lowest BCUT2D eigenvalue weighted by molar-refractivity contribution is 0.0943. The molecule has 0 heterocycles. The van der Waals surface area contributed by atoms with Gasteiger partial charge in [0.1, 0.15) is 12.4 Å². The summed E-state index contributed by atoms with van der Waals surface area (Å²) in [5.41, 5.74) is 5.62. The maximum atomic E-state index is 11.8. The summed E-state index contributed by atoms with van der Waals surface area (Å²) in [5.74, 6) is 0.420. The molecule has 0 radical (unpaired) electrons. The Morgan fingerprint density at radius 3 is 2.63 bits per heavy atom. The molecule has 1 rings (SSSR count). The monoisotopic (exact) mass is 279 g/mol. The van der Waals surface area contributed by atoms with Gasteiger partial charge < -0.3 is 10.1 Å². The molecule has 5 nitrogen and oxygen atoms in total. The Bertz CT molecular complexity index is 446. The standard InChI is InChI=1S/C13H17N3O2S/c1-3-9-18-11-7-5-10(6-8-11)12(17)15-16-13(19)14-4-2/h3,5-8H,1,4,9H2,2H3,(H,15,17)(H2,14,16,19). The molecular weight excluding hydrogens is 262 g/mol. The van der Waals surface area contributed by atoms with Gasteiger partial charge in [-0.15, -0.1) is 0 Å². The molecule has 0 bridgehead atoms. The minimum atomic E-state index is -0.268. The second kappa shape index (κ2) is 8.10. The Labute approximate surface area is 118 Å². The van der Waals surface area contributed by atoms with Gasteiger partial charge in [-0.05, 0) is 43.4 Å². The first kappa shape index (κ1) is 15.0. The molecule has 3 N–H and O–H groups in total. The van der Waals surface area contributed by atoms with E-state index in [4.69, 9.17) is 17.0 Å². The van der Waals surface area contributed by atoms with Crippen molar-refractivity contribution < 1.29 is 9.53 Å². The number of benzene rings is 1. The molecule has 0 fully saturated rings. The number of thiocarbonyl (C=S) groups is 1. The number of rotatable bonds is 5. The fourth-order valence-corrected chi connectivity index (χ4v) is 1.44. The highest BCUT2D eigenvalue weighted by atomic mass is 32.1. The summed E-state index contributed by atoms with van der Waals surface area (Å²) < 4.78 is 5.32. The van der Waals surface area contributed by atoms with Crippen LogP contribution < -0.4 is 20.9 Å². The van der Waals surface area contributed by atoms with Gasteiger partial charge in [-0.2, -0.15) is 0 Å². The molecule has 0 spiro atoms. The van der Waals surface area contributed by atoms with Gasteiger partial charge in [0, 0.05) is 12.1 Å². The van der Waals surface area contributed by atoms with Crippen molar-refractivity contribution >= 4 is 23.2 Å². The second-order valence-electron chi connectivity index (χ2n) is 3.56. The average molecular weight is 279 g/mol. The Balaban J connectivity index is 2.48. The molecule has 1 aromatic rings. The van der Waals surface area contributed by atoms with Crippen molar-refractivity contribution in [2.24, 2.45) is 0 Å². The van der Waals surface area contributed by atoms with Crippen LogP contribution >= 0.6 is 12.2 Å². The third kappa shape index (κ3) is 5.39. The zero-order chi connectivity index (χ0) is 14.1. The van der Waals surface area contributed by atoms with Crippen LogP contribution in [0.3, 0.4) is 0 Å². The van der Waals surface area contributed by atoms with E-state index in [1.807, 2.05) is 6.92 Å². The van der Waals surface area contributed by atoms with Crippen molar-refractivity contribution in [1.82, 2.24) is 16.2 Å². The van der Waals surface area contributed by atoms with Gasteiger partial charge in [0.05, 0.1) is 0 Å². The second-order valence-corrected chi connectivity index (χ2v) is 3.97. The molecule has 102 valence electrons. The van der Waals surface area contributed by atoms with Gasteiger partial charge in [-0.25, -0.2) is 0 Å². The van der Waals surface area contributed by atoms with Crippen LogP contribution in [0, 0.1) is 0 Å². The Morgan fingerprint density at radius 1 is 1.37 bits per heavy atom. The summed E-state index contributed by atoms with van der Waals surface area (Å²) in [7, 11) is 0. The number of nitrogens with one attached hydrogen (secondary N) is 3. The molecule has 1 amide bonds. The zero-order valence-electron chi connectivity index (χ0n) is 10.7. The Hall–Kier alpha value is -2.08. The SMILES string of the molecule is C=CCOc1ccc(C(=O)NNC(=S)NCC)cc1. The first-order valence-corrected chi connectivity index (χ1v) is 6.26. The average Bonchev–Trinajstić information content (AvgIpc) is 2.43. The van der Waals surface area contributed by atoms with E-state index in [0.717, 1.165) is 0 Å². The van der Waals surface area contributed by atoms with Gasteiger partial charge >= 0.3 is 0 Å². The fourth-order valence-electron chi connectivity index (χ4n) is 1.25. The molecule has 0 aliphatic rings. The van der Waals surface area contributed by atoms with Gasteiger partial charge in [0.15, 0.2) is 5.11 Å². The maximum absolute atomic E-state index is 11.8. The minimum absolute atomic E-state index is 0.268. The molecule has 19 heavy (non-hydrogen) atoms. The van der Waals surface area contributed by atoms with Crippen LogP contribution in [0.1, 0.15) is 17.3 Å². The predicted molar refractivity (Wildman–Crippen MR) is 79.0 cm³/mol. The van der Waals surface area contributed by atoms with Crippen LogP contribution in [-0.2, 0) is 0 Å². The largest absolute Gasteiger partial charge is 0.490 e. The lowest BCUT2D eigenvalue weighted by Crippen LogP contribution is -2.46. The van der Waals surface area contributed by atoms with E-state index < -0.39 is 0 Å². The van der Waals surface area contributed by atoms with Crippen LogP contribution in [0.4, 0.5) is 0 Å². The highest BCUT2D eigenvalue weighted by Gasteiger charge is 2.05. The summed E-state index contributed by atoms with van der Waals surface area (Å²) in [5, 5.41) is 3.24. The molecule has 0 aromatic heterocycles. The molecular formula is C13H17N3O2S. The van der Waals surface area contributed by atoms with Crippen LogP contribution in [0.25, 0.3) is 0 Å². The van der Waals surface area contributed by atoms with E-state index in [0.29, 0.717) is 29.6 Å². The highest BCUT2D eigenvalue weighted by molar-refractivity contribution is 7.80. The number of hydrazine groups is 1. The van der Waals surface area contributed by atoms with Crippen molar-refractivity contribution in [2.75, 3.05) is 13.2 Å². The topological polar surface area (TPSA) is 62.4 Å². The first-order valence-electron chi connectivity index (χ1n) is 5.85. The fraction of sp³-hybridized carbons (Fsp3) is 0.231. The third-order valence-electron chi connectivity index (χ3n) is 2.11. The third-order valence-corrected chi connectivity index (χ3v) is 2.36. The summed E-state index contributed by atoms with van der Waals surface area (Å²) in [4.78, 5) is 11.8. The number of hydrogen-bond acceptors (Lipinski definition) is 3. The van der Waals surface area contributed by atoms with Crippen LogP contribution in [0.5, 0.6) is 5.75 Å². The lowest BCUT2D eigenvalue weighted by Gasteiger charge is -2.10. The summed E-state index contributed by atoms with van der Waals surface area (Å²) >= 11 is 4.92. The van der Waals surface area contributed by atoms with E-state index in [9.17, 15) is 4.79 Å². The smallest absolute Gasteiger partial charge is 0.269 e. The Kier molecular flexibility index (Phi) is 6.38. The van der Waals surface area contributed by atoms with Crippen molar-refractivity contribution in [2.45, 2.75) is 6.92 Å². The maximum Gasteiger partial charge on any atom is 0.269 e. The van der Waals surface area contributed by atoms with E-state index in [1.165, 1.54) is 0 Å². The molecule has 0 aliphatic carbocycles. The first-order chi connectivity index (χ1) is 9.17. The summed E-state index contributed by atoms with van der Waals surface area (Å²) in [6.07, 6.45) is 1.66. The highest BCUT2D eigenvalue weighted by Crippen LogP contribution is 2.11. The molecule has 0 aliphatic heterocycles. The van der Waals surface area contributed by atoms with Gasteiger partial charge in [-0.1, -0.05) is 12.7 Å². The number of hydrogen-bond donors (Lipinski definition) is 3. The molecule has 0 unspecified atom stereocenters. The van der Waals surface area contributed by atoms with Crippen LogP contribution in [0.2, 0.25) is 0 Å². The predicted octanol–water partition coefficient (Wildman–Crippen LogP) is 1.38. The van der Waals surface area contributed by atoms with E-state index >= 15 is 0 Å². The minimum Gasteiger partial charge on any atom is -0.490 e. The quantitative estimate of drug-likeness (QED) is 0.432. The van der Waals surface area contributed by atoms with Crippen LogP contribution in [0.15, 0.2) is 36.9 Å². The number of ether oxygens (including phenoxy) is 1. The number of amides is 1. The van der Waals surface area contributed by atoms with E-state index in [-0.39, 0.29) is 5.91 Å². The Morgan fingerprint density at radius 2 is 2.05 bits per heavy atom. The molecule has 0 atom stereocenters. The van der Waals surface area contributed by atoms with Crippen molar-refractivity contribution in [1.29, 1.82) is 0 Å². The molecule has 1 aromatic carbocycles. The summed E-state index contributed by atoms with van der Waals surface area (Å²) in [6.45, 7) is 6.60. The normalized spacial score (nSPS) is 9.32. The van der Waals surface area contributed by atoms with Crippen molar-refractivity contribution in [3.63, 3.8) is 0 Å². The van der Waals surface area contributed by atoms with Crippen LogP contribution in [-0.4, -0.2) is 24.2 Å². The number of carbonyl (C=O) groups excluding carboxylic acids is 1. The van der Waals surface area contributed by atoms with E-state index in [1.54, 1.807) is 30.3 Å². The molecule has 6 heteroatoms. The molecule has 0 saturated heterocycles. The van der Waals surface area contributed by atoms with Crippen molar-refractivity contribution in [3.05, 3.63) is 42.5 Å². The molecule has 0 saturated carbocycles. The van der Waals surface area contributed by atoms with Gasteiger partial charge in [-0.3, -0.25) is 15.6 Å². The van der Waals surface area contributed by atoms with Gasteiger partial charge in [0.25, 0.3) is 5.91 Å². The zero-order valence-corrected chi connectivity index (χ0v) is 11.5.